The van der Waals surface area contributed by atoms with Gasteiger partial charge in [-0.15, -0.1) is 0 Å². The summed E-state index contributed by atoms with van der Waals surface area (Å²) in [5.41, 5.74) is 3.10. The molecule has 0 atom stereocenters. The van der Waals surface area contributed by atoms with Crippen molar-refractivity contribution in [2.45, 2.75) is 26.9 Å². The van der Waals surface area contributed by atoms with Gasteiger partial charge in [0.15, 0.2) is 0 Å². The topological polar surface area (TPSA) is 0 Å². The average molecular weight is 190 g/mol. The maximum Gasteiger partial charge on any atom is 0.105 e. The van der Waals surface area contributed by atoms with Gasteiger partial charge in [-0.2, -0.15) is 0 Å². The lowest BCUT2D eigenvalue weighted by molar-refractivity contribution is -0.931. The molecule has 0 radical (unpaired) electrons. The van der Waals surface area contributed by atoms with Gasteiger partial charge in [0.1, 0.15) is 13.1 Å². The molecule has 0 saturated heterocycles. The minimum atomic E-state index is 0.786. The van der Waals surface area contributed by atoms with E-state index in [1.165, 1.54) is 24.1 Å². The second kappa shape index (κ2) is 3.39. The van der Waals surface area contributed by atoms with E-state index in [0.717, 1.165) is 5.92 Å². The molecular weight excluding hydrogens is 170 g/mol. The molecule has 0 fully saturated rings. The summed E-state index contributed by atoms with van der Waals surface area (Å²) in [7, 11) is 2.38. The first-order valence-electron chi connectivity index (χ1n) is 5.49. The van der Waals surface area contributed by atoms with Gasteiger partial charge in [-0.25, -0.2) is 0 Å². The first-order chi connectivity index (χ1) is 6.59. The van der Waals surface area contributed by atoms with Crippen LogP contribution < -0.4 is 0 Å². The molecule has 1 aliphatic heterocycles. The Bertz CT molecular complexity index is 303. The third kappa shape index (κ3) is 1.83. The smallest absolute Gasteiger partial charge is 0.105 e. The van der Waals surface area contributed by atoms with Crippen molar-refractivity contribution in [3.8, 4) is 0 Å². The number of quaternary nitrogens is 1. The van der Waals surface area contributed by atoms with Crippen LogP contribution in [0, 0.1) is 5.92 Å². The summed E-state index contributed by atoms with van der Waals surface area (Å²) >= 11 is 0. The maximum atomic E-state index is 2.38. The number of hydrogen-bond donors (Lipinski definition) is 0. The number of fused-ring (bicyclic) bond motifs is 1. The third-order valence-corrected chi connectivity index (χ3v) is 3.03. The fourth-order valence-corrected chi connectivity index (χ4v) is 2.76. The zero-order valence-corrected chi connectivity index (χ0v) is 9.46. The maximum absolute atomic E-state index is 2.38. The highest BCUT2D eigenvalue weighted by molar-refractivity contribution is 5.27. The van der Waals surface area contributed by atoms with E-state index in [1.54, 1.807) is 11.1 Å². The molecule has 0 aromatic heterocycles. The molecule has 1 heteroatoms. The molecule has 14 heavy (non-hydrogen) atoms. The Kier molecular flexibility index (Phi) is 2.36. The van der Waals surface area contributed by atoms with Crippen LogP contribution in [0.15, 0.2) is 24.3 Å². The second-order valence-corrected chi connectivity index (χ2v) is 5.28. The Hall–Kier alpha value is -0.820. The molecule has 0 N–H and O–H groups in total. The fraction of sp³-hybridized carbons (Fsp3) is 0.538. The van der Waals surface area contributed by atoms with Crippen LogP contribution in [0.2, 0.25) is 0 Å². The van der Waals surface area contributed by atoms with Crippen molar-refractivity contribution in [2.75, 3.05) is 13.6 Å². The molecule has 1 aliphatic rings. The van der Waals surface area contributed by atoms with E-state index in [-0.39, 0.29) is 0 Å². The van der Waals surface area contributed by atoms with Gasteiger partial charge in [-0.05, 0) is 0 Å². The van der Waals surface area contributed by atoms with Crippen molar-refractivity contribution in [3.05, 3.63) is 35.4 Å². The van der Waals surface area contributed by atoms with Crippen molar-refractivity contribution in [1.82, 2.24) is 0 Å². The number of hydrogen-bond acceptors (Lipinski definition) is 0. The van der Waals surface area contributed by atoms with Crippen molar-refractivity contribution in [2.24, 2.45) is 5.92 Å². The lowest BCUT2D eigenvalue weighted by atomic mass is 10.1. The van der Waals surface area contributed by atoms with Crippen molar-refractivity contribution >= 4 is 0 Å². The van der Waals surface area contributed by atoms with E-state index in [9.17, 15) is 0 Å². The lowest BCUT2D eigenvalue weighted by Crippen LogP contribution is -2.41. The Balaban J connectivity index is 2.17. The molecule has 0 spiro atoms. The van der Waals surface area contributed by atoms with Gasteiger partial charge < -0.3 is 4.48 Å². The van der Waals surface area contributed by atoms with E-state index >= 15 is 0 Å². The molecule has 2 rings (SSSR count). The molecule has 0 aliphatic carbocycles. The molecule has 1 nitrogen and oxygen atoms in total. The first-order valence-corrected chi connectivity index (χ1v) is 5.49. The zero-order chi connectivity index (χ0) is 10.2. The zero-order valence-electron chi connectivity index (χ0n) is 9.46. The third-order valence-electron chi connectivity index (χ3n) is 3.03. The minimum absolute atomic E-state index is 0.786. The van der Waals surface area contributed by atoms with Crippen molar-refractivity contribution in [1.29, 1.82) is 0 Å². The van der Waals surface area contributed by atoms with Crippen molar-refractivity contribution < 1.29 is 4.48 Å². The number of nitrogens with zero attached hydrogens (tertiary/aromatic N) is 1. The summed E-state index contributed by atoms with van der Waals surface area (Å²) < 4.78 is 1.19. The Labute approximate surface area is 86.9 Å². The summed E-state index contributed by atoms with van der Waals surface area (Å²) in [6.45, 7) is 8.34. The lowest BCUT2D eigenvalue weighted by Gasteiger charge is -2.31. The molecular formula is C13H20N+. The van der Waals surface area contributed by atoms with E-state index in [0.29, 0.717) is 0 Å². The summed E-state index contributed by atoms with van der Waals surface area (Å²) in [5, 5.41) is 0. The van der Waals surface area contributed by atoms with Crippen LogP contribution in [0.1, 0.15) is 25.0 Å². The van der Waals surface area contributed by atoms with E-state index in [4.69, 9.17) is 0 Å². The monoisotopic (exact) mass is 190 g/mol. The largest absolute Gasteiger partial charge is 0.318 e. The van der Waals surface area contributed by atoms with Gasteiger partial charge in [0, 0.05) is 17.0 Å². The minimum Gasteiger partial charge on any atom is -0.318 e. The second-order valence-electron chi connectivity index (χ2n) is 5.28. The van der Waals surface area contributed by atoms with E-state index < -0.39 is 0 Å². The van der Waals surface area contributed by atoms with Crippen LogP contribution in [0.5, 0.6) is 0 Å². The summed E-state index contributed by atoms with van der Waals surface area (Å²) in [6, 6.07) is 8.87. The first kappa shape index (κ1) is 9.72. The van der Waals surface area contributed by atoms with Crippen LogP contribution in [-0.4, -0.2) is 18.1 Å². The Morgan fingerprint density at radius 3 is 2.07 bits per heavy atom. The number of benzene rings is 1. The molecule has 0 amide bonds. The van der Waals surface area contributed by atoms with Crippen molar-refractivity contribution in [3.63, 3.8) is 0 Å². The van der Waals surface area contributed by atoms with E-state index in [1.807, 2.05) is 0 Å². The Morgan fingerprint density at radius 1 is 1.14 bits per heavy atom. The van der Waals surface area contributed by atoms with Gasteiger partial charge in [0.25, 0.3) is 0 Å². The van der Waals surface area contributed by atoms with Gasteiger partial charge in [0.05, 0.1) is 13.6 Å². The molecule has 76 valence electrons. The van der Waals surface area contributed by atoms with Crippen LogP contribution in [-0.2, 0) is 13.1 Å². The normalized spacial score (nSPS) is 18.6. The summed E-state index contributed by atoms with van der Waals surface area (Å²) in [4.78, 5) is 0. The predicted octanol–water partition coefficient (Wildman–Crippen LogP) is 2.80. The fourth-order valence-electron chi connectivity index (χ4n) is 2.76. The quantitative estimate of drug-likeness (QED) is 0.629. The standard InChI is InChI=1S/C13H20N/c1-11(2)8-14(3)9-12-6-4-5-7-13(12)10-14/h4-7,11H,8-10H2,1-3H3/q+1. The molecule has 1 aromatic rings. The molecule has 1 aromatic carbocycles. The molecule has 0 saturated carbocycles. The summed E-state index contributed by atoms with van der Waals surface area (Å²) in [6.07, 6.45) is 0. The molecule has 1 heterocycles. The van der Waals surface area contributed by atoms with Gasteiger partial charge >= 0.3 is 0 Å². The number of rotatable bonds is 2. The van der Waals surface area contributed by atoms with E-state index in [2.05, 4.69) is 45.2 Å². The Morgan fingerprint density at radius 2 is 1.64 bits per heavy atom. The van der Waals surface area contributed by atoms with Crippen LogP contribution in [0.4, 0.5) is 0 Å². The highest BCUT2D eigenvalue weighted by Gasteiger charge is 2.31. The van der Waals surface area contributed by atoms with Gasteiger partial charge in [-0.1, -0.05) is 38.1 Å². The van der Waals surface area contributed by atoms with Crippen LogP contribution in [0.3, 0.4) is 0 Å². The highest BCUT2D eigenvalue weighted by Crippen LogP contribution is 2.28. The van der Waals surface area contributed by atoms with Crippen LogP contribution >= 0.6 is 0 Å². The highest BCUT2D eigenvalue weighted by atomic mass is 15.3. The SMILES string of the molecule is CC(C)C[N+]1(C)Cc2ccccc2C1. The van der Waals surface area contributed by atoms with Gasteiger partial charge in [0.2, 0.25) is 0 Å². The molecule has 0 bridgehead atoms. The average Bonchev–Trinajstić information content (AvgIpc) is 2.38. The predicted molar refractivity (Wildman–Crippen MR) is 59.7 cm³/mol. The van der Waals surface area contributed by atoms with Gasteiger partial charge in [-0.3, -0.25) is 0 Å². The summed E-state index contributed by atoms with van der Waals surface area (Å²) in [5.74, 6) is 0.786. The van der Waals surface area contributed by atoms with Crippen LogP contribution in [0.25, 0.3) is 0 Å². The molecule has 0 unspecified atom stereocenters.